The third kappa shape index (κ3) is 19.7. The minimum atomic E-state index is -2.46. The number of aliphatic hydroxyl groups excluding tert-OH is 1. The first kappa shape index (κ1) is 68.3. The van der Waals surface area contributed by atoms with Gasteiger partial charge in [0, 0.05) is 71.7 Å². The summed E-state index contributed by atoms with van der Waals surface area (Å²) in [7, 11) is 2.80. The van der Waals surface area contributed by atoms with Gasteiger partial charge in [-0.05, 0) is 132 Å². The Morgan fingerprint density at radius 3 is 2.22 bits per heavy atom. The van der Waals surface area contributed by atoms with E-state index in [1.54, 1.807) is 41.1 Å². The highest BCUT2D eigenvalue weighted by Gasteiger charge is 2.53. The molecule has 0 unspecified atom stereocenters. The maximum absolute atomic E-state index is 14.7. The van der Waals surface area contributed by atoms with E-state index in [1.165, 1.54) is 12.0 Å². The van der Waals surface area contributed by atoms with E-state index in [4.69, 9.17) is 37.6 Å². The smallest absolute Gasteiger partial charge is 0.329 e. The van der Waals surface area contributed by atoms with Crippen molar-refractivity contribution in [3.63, 3.8) is 0 Å². The first-order chi connectivity index (χ1) is 37.2. The van der Waals surface area contributed by atoms with E-state index in [1.807, 2.05) is 58.1 Å². The van der Waals surface area contributed by atoms with E-state index in [2.05, 4.69) is 33.9 Å². The van der Waals surface area contributed by atoms with Gasteiger partial charge in [0.1, 0.15) is 30.1 Å². The Morgan fingerprint density at radius 2 is 1.54 bits per heavy atom. The molecule has 0 aromatic rings. The van der Waals surface area contributed by atoms with Crippen LogP contribution in [0.5, 0.6) is 0 Å². The van der Waals surface area contributed by atoms with Gasteiger partial charge in [0.05, 0.1) is 37.6 Å². The fourth-order valence-electron chi connectivity index (χ4n) is 11.3. The van der Waals surface area contributed by atoms with Crippen molar-refractivity contribution in [3.8, 4) is 0 Å². The van der Waals surface area contributed by atoms with Gasteiger partial charge in [-0.1, -0.05) is 91.8 Å². The second-order valence-corrected chi connectivity index (χ2v) is 29.8. The van der Waals surface area contributed by atoms with Crippen LogP contribution in [0.3, 0.4) is 0 Å². The predicted molar refractivity (Wildman–Crippen MR) is 307 cm³/mol. The van der Waals surface area contributed by atoms with Crippen molar-refractivity contribution in [2.75, 3.05) is 54.3 Å². The second-order valence-electron chi connectivity index (χ2n) is 25.0. The van der Waals surface area contributed by atoms with Crippen molar-refractivity contribution >= 4 is 37.5 Å². The lowest BCUT2D eigenvalue weighted by Crippen LogP contribution is -2.61. The molecule has 3 heterocycles. The zero-order valence-electron chi connectivity index (χ0n) is 50.9. The zero-order valence-corrected chi connectivity index (χ0v) is 51.9. The van der Waals surface area contributed by atoms with Crippen LogP contribution in [0.4, 0.5) is 0 Å². The lowest BCUT2D eigenvalue weighted by Gasteiger charge is -2.43. The van der Waals surface area contributed by atoms with Gasteiger partial charge in [-0.3, -0.25) is 19.2 Å². The molecule has 15 atom stereocenters. The van der Waals surface area contributed by atoms with Crippen LogP contribution in [0.1, 0.15) is 153 Å². The summed E-state index contributed by atoms with van der Waals surface area (Å²) in [6.07, 6.45) is 13.0. The largest absolute Gasteiger partial charge is 0.460 e. The summed E-state index contributed by atoms with van der Waals surface area (Å²) in [4.78, 5) is 73.2. The van der Waals surface area contributed by atoms with Gasteiger partial charge in [-0.15, -0.1) is 0 Å². The Morgan fingerprint density at radius 1 is 0.823 bits per heavy atom. The van der Waals surface area contributed by atoms with Gasteiger partial charge in [0.25, 0.3) is 11.7 Å². The monoisotopic (exact) mass is 1130 g/mol. The molecule has 0 spiro atoms. The Kier molecular flexibility index (Phi) is 27.6. The van der Waals surface area contributed by atoms with Crippen molar-refractivity contribution in [3.05, 3.63) is 47.6 Å². The summed E-state index contributed by atoms with van der Waals surface area (Å²) in [5.74, 6) is -7.98. The highest BCUT2D eigenvalue weighted by molar-refractivity contribution is 6.74. The van der Waals surface area contributed by atoms with Crippen LogP contribution in [0.15, 0.2) is 47.6 Å². The Balaban J connectivity index is 1.65. The van der Waals surface area contributed by atoms with Crippen molar-refractivity contribution in [1.29, 1.82) is 0 Å². The first-order valence-corrected chi connectivity index (χ1v) is 32.4. The van der Waals surface area contributed by atoms with Crippen molar-refractivity contribution in [1.82, 2.24) is 4.90 Å². The number of ketones is 3. The second kappa shape index (κ2) is 32.0. The summed E-state index contributed by atoms with van der Waals surface area (Å²) in [6.45, 7) is 25.9. The van der Waals surface area contributed by atoms with Crippen molar-refractivity contribution < 1.29 is 71.8 Å². The number of esters is 1. The number of hydrogen-bond acceptors (Lipinski definition) is 15. The van der Waals surface area contributed by atoms with Gasteiger partial charge in [-0.2, -0.15) is 0 Å². The number of cyclic esters (lactones) is 1. The van der Waals surface area contributed by atoms with E-state index < -0.39 is 86.1 Å². The fraction of sp³-hybridized carbons (Fsp3) is 0.790. The molecule has 450 valence electrons. The Bertz CT molecular complexity index is 2100. The van der Waals surface area contributed by atoms with Crippen LogP contribution < -0.4 is 0 Å². The van der Waals surface area contributed by atoms with Crippen LogP contribution in [0.25, 0.3) is 0 Å². The van der Waals surface area contributed by atoms with Crippen LogP contribution >= 0.6 is 0 Å². The molecule has 16 nitrogen and oxygen atoms in total. The lowest BCUT2D eigenvalue weighted by atomic mass is 9.78. The number of ether oxygens (including phenoxy) is 7. The first-order valence-electron chi connectivity index (χ1n) is 29.5. The molecular weight excluding hydrogens is 1030 g/mol. The van der Waals surface area contributed by atoms with Crippen LogP contribution in [0, 0.1) is 35.5 Å². The fourth-order valence-corrected chi connectivity index (χ4v) is 12.4. The van der Waals surface area contributed by atoms with Crippen LogP contribution in [0.2, 0.25) is 18.1 Å². The maximum atomic E-state index is 14.7. The van der Waals surface area contributed by atoms with Gasteiger partial charge >= 0.3 is 5.97 Å². The molecule has 79 heavy (non-hydrogen) atoms. The van der Waals surface area contributed by atoms with Crippen LogP contribution in [-0.2, 0) is 61.6 Å². The van der Waals surface area contributed by atoms with Crippen molar-refractivity contribution in [2.45, 2.75) is 225 Å². The van der Waals surface area contributed by atoms with E-state index in [0.29, 0.717) is 70.3 Å². The Labute approximate surface area is 475 Å². The summed E-state index contributed by atoms with van der Waals surface area (Å²) >= 11 is 0. The minimum absolute atomic E-state index is 0.00178. The number of carbonyl (C=O) groups is 5. The molecule has 4 rings (SSSR count). The number of aliphatic hydroxyl groups is 2. The maximum Gasteiger partial charge on any atom is 0.329 e. The molecule has 4 aliphatic rings. The zero-order chi connectivity index (χ0) is 58.8. The van der Waals surface area contributed by atoms with Gasteiger partial charge < -0.3 is 52.7 Å². The summed E-state index contributed by atoms with van der Waals surface area (Å²) in [5.41, 5.74) is 1.26. The van der Waals surface area contributed by atoms with E-state index in [9.17, 15) is 34.2 Å². The lowest BCUT2D eigenvalue weighted by molar-refractivity contribution is -0.266. The third-order valence-electron chi connectivity index (χ3n) is 17.7. The molecule has 2 bridgehead atoms. The molecule has 0 radical (unpaired) electrons. The number of Topliss-reactive ketones (excluding diaryl/α,β-unsaturated/α-hetero) is 3. The molecule has 3 fully saturated rings. The van der Waals surface area contributed by atoms with Gasteiger partial charge in [-0.25, -0.2) is 4.79 Å². The number of amides is 1. The van der Waals surface area contributed by atoms with Gasteiger partial charge in [0.2, 0.25) is 5.79 Å². The number of rotatable bonds is 15. The Hall–Kier alpha value is -3.23. The molecule has 1 saturated carbocycles. The molecule has 0 aromatic heterocycles. The SMILES string of the molecule is COCCO[C@H]1C[C@@H]2CC[C@@H](C)[C@@](O)(O2)C(=O)C(=O)N2CCCC[C@H]2C(=O)O[C@H]([C@H](C)C[C@@H]2CC[C@@H](OCCCO[Si](C)(C)C(C)(C)C)[C@H](OC)C2)CC(=O)[C@H](C)/C=C(\C)[C@@H](O)[C@@H](OC)C(=O)[C@H](C)C[C@H](C)/C=C/C=CC=C1C. The summed E-state index contributed by atoms with van der Waals surface area (Å²) < 4.78 is 48.7. The molecule has 3 aliphatic heterocycles. The summed E-state index contributed by atoms with van der Waals surface area (Å²) in [5, 5.41) is 23.9. The summed E-state index contributed by atoms with van der Waals surface area (Å²) in [6, 6.07) is -1.15. The number of allylic oxidation sites excluding steroid dienone is 6. The number of fused-ring (bicyclic) bond motifs is 3. The minimum Gasteiger partial charge on any atom is -0.460 e. The molecule has 0 aromatic carbocycles. The molecule has 2 saturated heterocycles. The normalized spacial score (nSPS) is 34.8. The third-order valence-corrected chi connectivity index (χ3v) is 22.2. The topological polar surface area (TPSA) is 203 Å². The number of methoxy groups -OCH3 is 3. The molecule has 1 aliphatic carbocycles. The molecule has 2 N–H and O–H groups in total. The quantitative estimate of drug-likeness (QED) is 0.0515. The van der Waals surface area contributed by atoms with E-state index in [0.717, 1.165) is 24.8 Å². The van der Waals surface area contributed by atoms with E-state index >= 15 is 0 Å². The highest BCUT2D eigenvalue weighted by atomic mass is 28.4. The number of hydrogen-bond donors (Lipinski definition) is 2. The molecular formula is C62H103NO15Si. The predicted octanol–water partition coefficient (Wildman–Crippen LogP) is 9.63. The standard InChI is InChI=1S/C62H103NO15Si/c1-40-22-17-16-18-23-41(2)52(75-33-32-71-11)38-48-27-25-46(7)62(70,78-48)58(67)59(68)63-29-20-19-24-49(63)60(69)77-53(39-50(64)42(3)35-45(6)56(66)57(73-13)55(65)44(5)34-40)43(4)36-47-26-28-51(54(37-47)72-12)74-30-21-31-76-79(14,15)61(8,9)10/h16-18,22-23,35,40,42-44,46-49,51-54,56-57,66,70H,19-21,24-34,36-39H2,1-15H3/b18-16?,22-17+,41-23?,45-35+/t40-,42-,43-,44-,46-,47+,48+,49+,51-,52+,53+,54-,56-,57+,62-/m1/s1. The molecule has 1 amide bonds. The van der Waals surface area contributed by atoms with Gasteiger partial charge in [0.15, 0.2) is 14.1 Å². The number of nitrogens with zero attached hydrogens (tertiary/aromatic N) is 1. The average molecular weight is 1130 g/mol. The van der Waals surface area contributed by atoms with Crippen LogP contribution in [-0.4, -0.2) is 162 Å². The average Bonchev–Trinajstić information content (AvgIpc) is 3.41. The van der Waals surface area contributed by atoms with E-state index in [-0.39, 0.29) is 79.0 Å². The number of carbonyl (C=O) groups excluding carboxylic acids is 5. The molecule has 17 heteroatoms. The number of piperidine rings is 1. The highest BCUT2D eigenvalue weighted by Crippen LogP contribution is 2.39. The van der Waals surface area contributed by atoms with Crippen molar-refractivity contribution in [2.24, 2.45) is 35.5 Å².